The quantitative estimate of drug-likeness (QED) is 0.585. The van der Waals surface area contributed by atoms with Gasteiger partial charge in [-0.3, -0.25) is 14.4 Å². The largest absolute Gasteiger partial charge is 0.481 e. The Labute approximate surface area is 83.9 Å². The molecule has 0 saturated carbocycles. The summed E-state index contributed by atoms with van der Waals surface area (Å²) in [6.45, 7) is 0. The molecule has 0 unspecified atom stereocenters. The summed E-state index contributed by atoms with van der Waals surface area (Å²) in [5, 5.41) is 25.7. The molecule has 0 rings (SSSR count). The van der Waals surface area contributed by atoms with E-state index in [1.54, 1.807) is 0 Å². The van der Waals surface area contributed by atoms with Gasteiger partial charge in [-0.15, -0.1) is 11.8 Å². The van der Waals surface area contributed by atoms with Crippen LogP contribution in [0.3, 0.4) is 0 Å². The second kappa shape index (κ2) is 4.85. The first-order valence-electron chi connectivity index (χ1n) is 3.56. The molecule has 0 bridgehead atoms. The molecular formula is C7H10O6S. The fraction of sp³-hybridized carbons (Fsp3) is 0.571. The average Bonchev–Trinajstić information content (AvgIpc) is 2.00. The summed E-state index contributed by atoms with van der Waals surface area (Å²) in [4.78, 5) is 31.6. The third kappa shape index (κ3) is 3.25. The third-order valence-corrected chi connectivity index (χ3v) is 2.90. The number of carboxylic acid groups (broad SMARTS) is 3. The molecule has 0 aromatic heterocycles. The van der Waals surface area contributed by atoms with Crippen molar-refractivity contribution < 1.29 is 29.7 Å². The molecule has 0 aliphatic heterocycles. The van der Waals surface area contributed by atoms with Gasteiger partial charge >= 0.3 is 17.9 Å². The van der Waals surface area contributed by atoms with Gasteiger partial charge in [0.1, 0.15) is 4.75 Å². The van der Waals surface area contributed by atoms with E-state index in [1.165, 1.54) is 6.26 Å². The zero-order valence-corrected chi connectivity index (χ0v) is 8.21. The molecule has 0 aromatic carbocycles. The average molecular weight is 222 g/mol. The molecule has 0 amide bonds. The zero-order chi connectivity index (χ0) is 11.4. The molecule has 0 saturated heterocycles. The number of carboxylic acids is 3. The summed E-state index contributed by atoms with van der Waals surface area (Å²) < 4.78 is -1.78. The number of aliphatic carboxylic acids is 3. The van der Waals surface area contributed by atoms with Crippen LogP contribution in [0.15, 0.2) is 0 Å². The number of hydrogen-bond donors (Lipinski definition) is 3. The maximum absolute atomic E-state index is 10.8. The normalized spacial score (nSPS) is 10.9. The Morgan fingerprint density at radius 1 is 1.07 bits per heavy atom. The van der Waals surface area contributed by atoms with Gasteiger partial charge in [-0.2, -0.15) is 0 Å². The van der Waals surface area contributed by atoms with Crippen molar-refractivity contribution in [1.29, 1.82) is 0 Å². The summed E-state index contributed by atoms with van der Waals surface area (Å²) >= 11 is 0.721. The first kappa shape index (κ1) is 12.8. The Kier molecular flexibility index (Phi) is 4.42. The van der Waals surface area contributed by atoms with E-state index in [0.29, 0.717) is 0 Å². The Balaban J connectivity index is 4.87. The number of hydrogen-bond acceptors (Lipinski definition) is 4. The summed E-state index contributed by atoms with van der Waals surface area (Å²) in [6, 6.07) is 0. The molecule has 0 spiro atoms. The minimum absolute atomic E-state index is 0.713. The molecule has 0 radical (unpaired) electrons. The van der Waals surface area contributed by atoms with Crippen molar-refractivity contribution in [2.75, 3.05) is 6.26 Å². The topological polar surface area (TPSA) is 112 Å². The lowest BCUT2D eigenvalue weighted by Crippen LogP contribution is -2.39. The molecule has 80 valence electrons. The van der Waals surface area contributed by atoms with E-state index >= 15 is 0 Å². The molecule has 0 heterocycles. The molecule has 0 fully saturated rings. The Morgan fingerprint density at radius 2 is 1.43 bits per heavy atom. The number of rotatable bonds is 6. The van der Waals surface area contributed by atoms with Gasteiger partial charge in [-0.05, 0) is 6.26 Å². The van der Waals surface area contributed by atoms with Crippen molar-refractivity contribution in [3.63, 3.8) is 0 Å². The van der Waals surface area contributed by atoms with Crippen LogP contribution in [0.25, 0.3) is 0 Å². The van der Waals surface area contributed by atoms with E-state index in [0.717, 1.165) is 11.8 Å². The molecule has 3 N–H and O–H groups in total. The SMILES string of the molecule is CSC(CC(=O)O)(CC(=O)O)C(=O)O. The monoisotopic (exact) mass is 222 g/mol. The summed E-state index contributed by atoms with van der Waals surface area (Å²) in [5.41, 5.74) is 0. The van der Waals surface area contributed by atoms with Gasteiger partial charge in [0.25, 0.3) is 0 Å². The van der Waals surface area contributed by atoms with Crippen molar-refractivity contribution in [3.8, 4) is 0 Å². The van der Waals surface area contributed by atoms with Crippen molar-refractivity contribution in [2.45, 2.75) is 17.6 Å². The predicted octanol–water partition coefficient (Wildman–Crippen LogP) is 0.122. The van der Waals surface area contributed by atoms with Gasteiger partial charge in [0.2, 0.25) is 0 Å². The highest BCUT2D eigenvalue weighted by atomic mass is 32.2. The summed E-state index contributed by atoms with van der Waals surface area (Å²) in [5.74, 6) is -4.08. The Morgan fingerprint density at radius 3 is 1.57 bits per heavy atom. The second-order valence-corrected chi connectivity index (χ2v) is 3.83. The number of carbonyl (C=O) groups is 3. The van der Waals surface area contributed by atoms with Crippen LogP contribution < -0.4 is 0 Å². The molecule has 0 aromatic rings. The first-order valence-corrected chi connectivity index (χ1v) is 4.78. The molecule has 7 heteroatoms. The highest BCUT2D eigenvalue weighted by molar-refractivity contribution is 8.00. The second-order valence-electron chi connectivity index (χ2n) is 2.64. The summed E-state index contributed by atoms with van der Waals surface area (Å²) in [6.07, 6.45) is -0.0500. The van der Waals surface area contributed by atoms with Crippen LogP contribution in [0.2, 0.25) is 0 Å². The van der Waals surface area contributed by atoms with Crippen molar-refractivity contribution in [3.05, 3.63) is 0 Å². The van der Waals surface area contributed by atoms with Crippen LogP contribution in [0.4, 0.5) is 0 Å². The highest BCUT2D eigenvalue weighted by Gasteiger charge is 2.42. The van der Waals surface area contributed by atoms with Gasteiger partial charge in [-0.25, -0.2) is 0 Å². The van der Waals surface area contributed by atoms with Gasteiger partial charge in [0.05, 0.1) is 12.8 Å². The van der Waals surface area contributed by atoms with Crippen molar-refractivity contribution >= 4 is 29.7 Å². The fourth-order valence-electron chi connectivity index (χ4n) is 0.934. The van der Waals surface area contributed by atoms with Crippen LogP contribution in [0, 0.1) is 0 Å². The predicted molar refractivity (Wildman–Crippen MR) is 48.4 cm³/mol. The summed E-state index contributed by atoms with van der Waals surface area (Å²) in [7, 11) is 0. The standard InChI is InChI=1S/C7H10O6S/c1-14-7(6(12)13,2-4(8)9)3-5(10)11/h2-3H2,1H3,(H,8,9)(H,10,11)(H,12,13). The van der Waals surface area contributed by atoms with Crippen LogP contribution in [0.1, 0.15) is 12.8 Å². The van der Waals surface area contributed by atoms with Gasteiger partial charge in [0, 0.05) is 0 Å². The van der Waals surface area contributed by atoms with Gasteiger partial charge in [-0.1, -0.05) is 0 Å². The van der Waals surface area contributed by atoms with Gasteiger partial charge in [0.15, 0.2) is 0 Å². The smallest absolute Gasteiger partial charge is 0.320 e. The van der Waals surface area contributed by atoms with Crippen molar-refractivity contribution in [1.82, 2.24) is 0 Å². The maximum Gasteiger partial charge on any atom is 0.320 e. The van der Waals surface area contributed by atoms with E-state index in [4.69, 9.17) is 15.3 Å². The molecule has 6 nitrogen and oxygen atoms in total. The van der Waals surface area contributed by atoms with Crippen molar-refractivity contribution in [2.24, 2.45) is 0 Å². The lowest BCUT2D eigenvalue weighted by atomic mass is 10.0. The van der Waals surface area contributed by atoms with Crippen LogP contribution >= 0.6 is 11.8 Å². The molecule has 0 aliphatic rings. The van der Waals surface area contributed by atoms with Crippen LogP contribution in [0.5, 0.6) is 0 Å². The maximum atomic E-state index is 10.8. The molecule has 0 atom stereocenters. The van der Waals surface area contributed by atoms with E-state index in [-0.39, 0.29) is 0 Å². The lowest BCUT2D eigenvalue weighted by Gasteiger charge is -2.23. The zero-order valence-electron chi connectivity index (χ0n) is 7.39. The molecular weight excluding hydrogens is 212 g/mol. The number of thioether (sulfide) groups is 1. The molecule has 0 aliphatic carbocycles. The minimum Gasteiger partial charge on any atom is -0.481 e. The first-order chi connectivity index (χ1) is 6.34. The highest BCUT2D eigenvalue weighted by Crippen LogP contribution is 2.31. The van der Waals surface area contributed by atoms with E-state index in [9.17, 15) is 14.4 Å². The van der Waals surface area contributed by atoms with E-state index in [1.807, 2.05) is 0 Å². The van der Waals surface area contributed by atoms with E-state index < -0.39 is 35.5 Å². The van der Waals surface area contributed by atoms with E-state index in [2.05, 4.69) is 0 Å². The Hall–Kier alpha value is -1.24. The fourth-order valence-corrected chi connectivity index (χ4v) is 1.64. The molecule has 14 heavy (non-hydrogen) atoms. The Bertz CT molecular complexity index is 245. The minimum atomic E-state index is -1.78. The lowest BCUT2D eigenvalue weighted by molar-refractivity contribution is -0.150. The third-order valence-electron chi connectivity index (χ3n) is 1.65. The van der Waals surface area contributed by atoms with Crippen LogP contribution in [-0.4, -0.2) is 44.2 Å². The van der Waals surface area contributed by atoms with Gasteiger partial charge < -0.3 is 15.3 Å². The van der Waals surface area contributed by atoms with Crippen LogP contribution in [-0.2, 0) is 14.4 Å².